The van der Waals surface area contributed by atoms with E-state index >= 15 is 0 Å². The fourth-order valence-electron chi connectivity index (χ4n) is 3.98. The molecule has 35 heavy (non-hydrogen) atoms. The Labute approximate surface area is 210 Å². The molecule has 4 rings (SSSR count). The Balaban J connectivity index is 1.35. The number of likely N-dealkylation sites (tertiary alicyclic amines) is 1. The minimum Gasteiger partial charge on any atom is -0.444 e. The average molecular weight is 503 g/mol. The maximum absolute atomic E-state index is 12.6. The van der Waals surface area contributed by atoms with E-state index in [1.165, 1.54) is 11.3 Å². The summed E-state index contributed by atoms with van der Waals surface area (Å²) in [6.07, 6.45) is 2.79. The molecule has 2 aliphatic rings. The lowest BCUT2D eigenvalue weighted by Gasteiger charge is -2.34. The molecule has 2 aliphatic heterocycles. The number of piperidine rings is 1. The van der Waals surface area contributed by atoms with Gasteiger partial charge in [-0.25, -0.2) is 14.8 Å². The smallest absolute Gasteiger partial charge is 0.410 e. The van der Waals surface area contributed by atoms with Crippen molar-refractivity contribution in [2.45, 2.75) is 51.4 Å². The third-order valence-electron chi connectivity index (χ3n) is 5.84. The molecule has 11 heteroatoms. The molecule has 0 spiro atoms. The van der Waals surface area contributed by atoms with Gasteiger partial charge < -0.3 is 29.9 Å². The fourth-order valence-corrected chi connectivity index (χ4v) is 4.70. The normalized spacial score (nSPS) is 19.9. The Morgan fingerprint density at radius 2 is 1.97 bits per heavy atom. The summed E-state index contributed by atoms with van der Waals surface area (Å²) in [5.41, 5.74) is 0.156. The minimum absolute atomic E-state index is 0.0929. The van der Waals surface area contributed by atoms with Crippen LogP contribution in [-0.4, -0.2) is 83.2 Å². The highest BCUT2D eigenvalue weighted by atomic mass is 32.1. The van der Waals surface area contributed by atoms with Crippen molar-refractivity contribution in [2.24, 2.45) is 0 Å². The Hall–Kier alpha value is -2.76. The largest absolute Gasteiger partial charge is 0.444 e. The van der Waals surface area contributed by atoms with E-state index in [9.17, 15) is 9.59 Å². The van der Waals surface area contributed by atoms with E-state index in [-0.39, 0.29) is 24.1 Å². The third-order valence-corrected chi connectivity index (χ3v) is 6.75. The molecule has 0 bridgehead atoms. The number of thiazole rings is 1. The molecule has 0 saturated carbocycles. The Kier molecular flexibility index (Phi) is 7.88. The molecule has 2 saturated heterocycles. The molecule has 0 radical (unpaired) electrons. The zero-order valence-electron chi connectivity index (χ0n) is 20.7. The van der Waals surface area contributed by atoms with Crippen LogP contribution in [0.25, 0.3) is 0 Å². The first-order valence-electron chi connectivity index (χ1n) is 11.9. The Morgan fingerprint density at radius 3 is 2.71 bits per heavy atom. The van der Waals surface area contributed by atoms with Gasteiger partial charge in [0.05, 0.1) is 25.0 Å². The minimum atomic E-state index is -0.552. The number of amides is 2. The van der Waals surface area contributed by atoms with E-state index in [2.05, 4.69) is 32.5 Å². The van der Waals surface area contributed by atoms with E-state index in [0.29, 0.717) is 41.2 Å². The number of morpholine rings is 1. The molecule has 10 nitrogen and oxygen atoms in total. The summed E-state index contributed by atoms with van der Waals surface area (Å²) in [5.74, 6) is 0.502. The quantitative estimate of drug-likeness (QED) is 0.640. The van der Waals surface area contributed by atoms with E-state index in [0.717, 1.165) is 25.9 Å². The van der Waals surface area contributed by atoms with E-state index in [1.807, 2.05) is 39.0 Å². The van der Waals surface area contributed by atoms with Gasteiger partial charge in [0.15, 0.2) is 5.13 Å². The summed E-state index contributed by atoms with van der Waals surface area (Å²) in [7, 11) is 2.10. The van der Waals surface area contributed by atoms with Crippen LogP contribution in [0.5, 0.6) is 0 Å². The first kappa shape index (κ1) is 25.3. The van der Waals surface area contributed by atoms with E-state index < -0.39 is 5.60 Å². The maximum atomic E-state index is 12.6. The summed E-state index contributed by atoms with van der Waals surface area (Å²) in [6.45, 7) is 8.78. The molecular formula is C24H34N6O4S. The molecular weight excluding hydrogens is 468 g/mol. The summed E-state index contributed by atoms with van der Waals surface area (Å²) in [4.78, 5) is 38.6. The highest BCUT2D eigenvalue weighted by molar-refractivity contribution is 7.17. The van der Waals surface area contributed by atoms with Crippen molar-refractivity contribution in [1.82, 2.24) is 25.1 Å². The van der Waals surface area contributed by atoms with Crippen LogP contribution in [0, 0.1) is 0 Å². The zero-order chi connectivity index (χ0) is 25.0. The number of hydrogen-bond donors (Lipinski definition) is 2. The number of rotatable bonds is 5. The van der Waals surface area contributed by atoms with Gasteiger partial charge in [0.25, 0.3) is 5.91 Å². The second-order valence-electron chi connectivity index (χ2n) is 9.94. The van der Waals surface area contributed by atoms with Gasteiger partial charge >= 0.3 is 6.09 Å². The van der Waals surface area contributed by atoms with Crippen LogP contribution in [0.2, 0.25) is 0 Å². The molecule has 2 aromatic rings. The summed E-state index contributed by atoms with van der Waals surface area (Å²) < 4.78 is 11.4. The van der Waals surface area contributed by atoms with Crippen LogP contribution in [0.4, 0.5) is 15.7 Å². The lowest BCUT2D eigenvalue weighted by Crippen LogP contribution is -2.44. The topological polar surface area (TPSA) is 109 Å². The van der Waals surface area contributed by atoms with Crippen LogP contribution >= 0.6 is 11.3 Å². The fraction of sp³-hybridized carbons (Fsp3) is 0.583. The molecule has 1 unspecified atom stereocenters. The van der Waals surface area contributed by atoms with Crippen LogP contribution in [0.1, 0.15) is 55.1 Å². The maximum Gasteiger partial charge on any atom is 0.410 e. The first-order valence-corrected chi connectivity index (χ1v) is 12.8. The number of nitrogens with one attached hydrogen (secondary N) is 2. The predicted octanol–water partition coefficient (Wildman–Crippen LogP) is 3.41. The Bertz CT molecular complexity index is 1030. The molecule has 4 heterocycles. The number of hydrogen-bond acceptors (Lipinski definition) is 9. The highest BCUT2D eigenvalue weighted by Crippen LogP contribution is 2.26. The van der Waals surface area contributed by atoms with Crippen molar-refractivity contribution in [2.75, 3.05) is 45.2 Å². The van der Waals surface area contributed by atoms with Crippen LogP contribution < -0.4 is 10.6 Å². The van der Waals surface area contributed by atoms with Crippen LogP contribution in [0.3, 0.4) is 0 Å². The molecule has 2 fully saturated rings. The van der Waals surface area contributed by atoms with Crippen LogP contribution in [-0.2, 0) is 9.47 Å². The number of pyridine rings is 1. The lowest BCUT2D eigenvalue weighted by molar-refractivity contribution is -0.0446. The number of nitrogens with zero attached hydrogens (tertiary/aromatic N) is 4. The molecule has 2 N–H and O–H groups in total. The standard InChI is InChI=1S/C24H34N6O4S/c1-24(2,3)34-23(32)30-12-13-33-18(15-30)17-6-5-7-20(27-17)28-22-25-14-19(35-22)21(31)26-16-8-10-29(4)11-9-16/h5-7,14,16,18H,8-13,15H2,1-4H3,(H,26,31)(H,25,27,28). The van der Waals surface area contributed by atoms with Crippen molar-refractivity contribution >= 4 is 34.3 Å². The van der Waals surface area contributed by atoms with E-state index in [1.54, 1.807) is 11.1 Å². The van der Waals surface area contributed by atoms with Gasteiger partial charge in [0.2, 0.25) is 0 Å². The van der Waals surface area contributed by atoms with Gasteiger partial charge in [0.1, 0.15) is 22.4 Å². The molecule has 0 aromatic carbocycles. The monoisotopic (exact) mass is 502 g/mol. The van der Waals surface area contributed by atoms with Crippen molar-refractivity contribution in [3.05, 3.63) is 35.0 Å². The molecule has 2 amide bonds. The van der Waals surface area contributed by atoms with Crippen molar-refractivity contribution in [3.63, 3.8) is 0 Å². The lowest BCUT2D eigenvalue weighted by atomic mass is 10.1. The number of carbonyl (C=O) groups excluding carboxylic acids is 2. The van der Waals surface area contributed by atoms with E-state index in [4.69, 9.17) is 9.47 Å². The van der Waals surface area contributed by atoms with Gasteiger partial charge in [-0.1, -0.05) is 17.4 Å². The first-order chi connectivity index (χ1) is 16.7. The molecule has 190 valence electrons. The molecule has 0 aliphatic carbocycles. The predicted molar refractivity (Wildman–Crippen MR) is 134 cm³/mol. The van der Waals surface area contributed by atoms with Gasteiger partial charge in [0, 0.05) is 12.6 Å². The molecule has 2 aromatic heterocycles. The van der Waals surface area contributed by atoms with Gasteiger partial charge in [-0.3, -0.25) is 4.79 Å². The second-order valence-corrected chi connectivity index (χ2v) is 11.0. The number of anilines is 2. The van der Waals surface area contributed by atoms with Gasteiger partial charge in [-0.2, -0.15) is 0 Å². The summed E-state index contributed by atoms with van der Waals surface area (Å²) in [6, 6.07) is 5.78. The number of ether oxygens (including phenoxy) is 2. The third kappa shape index (κ3) is 7.12. The zero-order valence-corrected chi connectivity index (χ0v) is 21.6. The number of carbonyl (C=O) groups is 2. The van der Waals surface area contributed by atoms with Crippen molar-refractivity contribution in [1.29, 1.82) is 0 Å². The van der Waals surface area contributed by atoms with Crippen LogP contribution in [0.15, 0.2) is 24.4 Å². The van der Waals surface area contributed by atoms with Crippen molar-refractivity contribution in [3.8, 4) is 0 Å². The van der Waals surface area contributed by atoms with Gasteiger partial charge in [-0.15, -0.1) is 0 Å². The summed E-state index contributed by atoms with van der Waals surface area (Å²) in [5, 5.41) is 6.88. The highest BCUT2D eigenvalue weighted by Gasteiger charge is 2.29. The SMILES string of the molecule is CN1CCC(NC(=O)c2cnc(Nc3cccc(C4CN(C(=O)OC(C)(C)C)CCO4)n3)s2)CC1. The second kappa shape index (κ2) is 10.9. The Morgan fingerprint density at radius 1 is 1.20 bits per heavy atom. The van der Waals surface area contributed by atoms with Crippen molar-refractivity contribution < 1.29 is 19.1 Å². The summed E-state index contributed by atoms with van der Waals surface area (Å²) >= 11 is 1.29. The number of aromatic nitrogens is 2. The van der Waals surface area contributed by atoms with Gasteiger partial charge in [-0.05, 0) is 65.9 Å². The molecule has 1 atom stereocenters. The average Bonchev–Trinajstić information content (AvgIpc) is 3.28.